The number of carbonyl (C=O) groups excluding carboxylic acids is 1. The third kappa shape index (κ3) is 5.02. The summed E-state index contributed by atoms with van der Waals surface area (Å²) >= 11 is 0. The SMILES string of the molecule is Cc1cccc(-n2ccc3c(=O)n(CC4(O)CCN(C(=O)[C@@H]5CCNC[C@H]5c5ccccc5)CC4)cnc32)c1. The standard InChI is InChI=1S/C31H35N5O3/c1-22-6-5-9-24(18-22)36-15-11-26-28(36)33-21-35(30(26)38)20-31(39)12-16-34(17-13-31)29(37)25-10-14-32-19-27(25)23-7-3-2-4-8-23/h2-9,11,15,18,21,25,27,32,39H,10,12-14,16-17,19-20H2,1H3/t25-,27+/m1/s1. The highest BCUT2D eigenvalue weighted by Gasteiger charge is 2.39. The average molecular weight is 526 g/mol. The molecule has 4 heterocycles. The number of aliphatic hydroxyl groups is 1. The van der Waals surface area contributed by atoms with Gasteiger partial charge >= 0.3 is 0 Å². The number of fused-ring (bicyclic) bond motifs is 1. The second kappa shape index (κ2) is 10.4. The van der Waals surface area contributed by atoms with E-state index in [1.54, 1.807) is 6.07 Å². The van der Waals surface area contributed by atoms with Crippen molar-refractivity contribution < 1.29 is 9.90 Å². The molecule has 0 saturated carbocycles. The first-order chi connectivity index (χ1) is 18.9. The fraction of sp³-hybridized carbons (Fsp3) is 0.387. The molecule has 4 aromatic rings. The fourth-order valence-electron chi connectivity index (χ4n) is 6.21. The van der Waals surface area contributed by atoms with Crippen LogP contribution < -0.4 is 10.9 Å². The summed E-state index contributed by atoms with van der Waals surface area (Å²) in [4.78, 5) is 33.4. The Morgan fingerprint density at radius 3 is 2.67 bits per heavy atom. The molecule has 39 heavy (non-hydrogen) atoms. The van der Waals surface area contributed by atoms with Gasteiger partial charge in [-0.25, -0.2) is 4.98 Å². The highest BCUT2D eigenvalue weighted by Crippen LogP contribution is 2.33. The van der Waals surface area contributed by atoms with E-state index < -0.39 is 5.60 Å². The number of amides is 1. The zero-order valence-electron chi connectivity index (χ0n) is 22.3. The number of nitrogens with one attached hydrogen (secondary N) is 1. The van der Waals surface area contributed by atoms with E-state index in [1.807, 2.05) is 59.0 Å². The van der Waals surface area contributed by atoms with Gasteiger partial charge in [0, 0.05) is 43.4 Å². The topological polar surface area (TPSA) is 92.4 Å². The highest BCUT2D eigenvalue weighted by atomic mass is 16.3. The Morgan fingerprint density at radius 1 is 1.10 bits per heavy atom. The van der Waals surface area contributed by atoms with E-state index in [0.717, 1.165) is 30.8 Å². The largest absolute Gasteiger partial charge is 0.388 e. The number of benzene rings is 2. The molecular weight excluding hydrogens is 490 g/mol. The van der Waals surface area contributed by atoms with Crippen LogP contribution in [0.1, 0.15) is 36.3 Å². The molecule has 2 aromatic carbocycles. The van der Waals surface area contributed by atoms with E-state index in [9.17, 15) is 14.7 Å². The molecule has 2 aliphatic rings. The Morgan fingerprint density at radius 2 is 1.90 bits per heavy atom. The smallest absolute Gasteiger partial charge is 0.262 e. The minimum absolute atomic E-state index is 0.0634. The van der Waals surface area contributed by atoms with E-state index in [-0.39, 0.29) is 29.8 Å². The maximum Gasteiger partial charge on any atom is 0.262 e. The molecule has 6 rings (SSSR count). The monoisotopic (exact) mass is 525 g/mol. The van der Waals surface area contributed by atoms with Crippen molar-refractivity contribution in [2.45, 2.75) is 44.2 Å². The van der Waals surface area contributed by atoms with Gasteiger partial charge in [-0.15, -0.1) is 0 Å². The summed E-state index contributed by atoms with van der Waals surface area (Å²) < 4.78 is 3.43. The summed E-state index contributed by atoms with van der Waals surface area (Å²) in [5.74, 6) is 0.258. The van der Waals surface area contributed by atoms with Crippen molar-refractivity contribution in [3.05, 3.63) is 94.7 Å². The third-order valence-corrected chi connectivity index (χ3v) is 8.45. The van der Waals surface area contributed by atoms with E-state index in [1.165, 1.54) is 16.5 Å². The molecule has 2 aromatic heterocycles. The summed E-state index contributed by atoms with van der Waals surface area (Å²) in [6.45, 7) is 4.78. The van der Waals surface area contributed by atoms with Crippen LogP contribution >= 0.6 is 0 Å². The number of aryl methyl sites for hydroxylation is 1. The Bertz CT molecular complexity index is 1530. The number of hydrogen-bond donors (Lipinski definition) is 2. The second-order valence-corrected chi connectivity index (χ2v) is 11.1. The molecule has 0 radical (unpaired) electrons. The number of nitrogens with zero attached hydrogens (tertiary/aromatic N) is 4. The van der Waals surface area contributed by atoms with Gasteiger partial charge in [-0.1, -0.05) is 42.5 Å². The summed E-state index contributed by atoms with van der Waals surface area (Å²) in [5.41, 5.74) is 2.64. The van der Waals surface area contributed by atoms with Gasteiger partial charge < -0.3 is 19.9 Å². The van der Waals surface area contributed by atoms with E-state index in [0.29, 0.717) is 37.0 Å². The van der Waals surface area contributed by atoms with Crippen molar-refractivity contribution in [2.75, 3.05) is 26.2 Å². The second-order valence-electron chi connectivity index (χ2n) is 11.1. The lowest BCUT2D eigenvalue weighted by Gasteiger charge is -2.41. The third-order valence-electron chi connectivity index (χ3n) is 8.45. The molecule has 2 N–H and O–H groups in total. The van der Waals surface area contributed by atoms with Crippen LogP contribution in [-0.4, -0.2) is 61.8 Å². The van der Waals surface area contributed by atoms with Crippen molar-refractivity contribution in [1.29, 1.82) is 0 Å². The molecule has 0 bridgehead atoms. The predicted molar refractivity (Wildman–Crippen MR) is 151 cm³/mol. The predicted octanol–water partition coefficient (Wildman–Crippen LogP) is 3.24. The van der Waals surface area contributed by atoms with Crippen LogP contribution in [0.5, 0.6) is 0 Å². The first-order valence-electron chi connectivity index (χ1n) is 13.8. The zero-order valence-corrected chi connectivity index (χ0v) is 22.3. The zero-order chi connectivity index (χ0) is 27.0. The summed E-state index contributed by atoms with van der Waals surface area (Å²) in [6, 6.07) is 20.1. The Kier molecular flexibility index (Phi) is 6.83. The summed E-state index contributed by atoms with van der Waals surface area (Å²) in [5, 5.41) is 15.4. The highest BCUT2D eigenvalue weighted by molar-refractivity contribution is 5.80. The first-order valence-corrected chi connectivity index (χ1v) is 13.8. The number of carbonyl (C=O) groups is 1. The van der Waals surface area contributed by atoms with Crippen LogP contribution in [0.2, 0.25) is 0 Å². The molecule has 0 unspecified atom stereocenters. The van der Waals surface area contributed by atoms with Gasteiger partial charge in [-0.2, -0.15) is 0 Å². The first kappa shape index (κ1) is 25.5. The molecule has 2 aliphatic heterocycles. The van der Waals surface area contributed by atoms with E-state index in [2.05, 4.69) is 28.5 Å². The van der Waals surface area contributed by atoms with Gasteiger partial charge in [-0.3, -0.25) is 14.2 Å². The number of rotatable bonds is 5. The van der Waals surface area contributed by atoms with Crippen molar-refractivity contribution >= 4 is 16.9 Å². The van der Waals surface area contributed by atoms with Crippen LogP contribution in [0.25, 0.3) is 16.7 Å². The van der Waals surface area contributed by atoms with Crippen LogP contribution in [0.3, 0.4) is 0 Å². The molecular formula is C31H35N5O3. The van der Waals surface area contributed by atoms with Gasteiger partial charge in [-0.05, 0) is 62.1 Å². The summed E-state index contributed by atoms with van der Waals surface area (Å²) in [6.07, 6.45) is 5.05. The van der Waals surface area contributed by atoms with Crippen molar-refractivity contribution in [1.82, 2.24) is 24.3 Å². The minimum Gasteiger partial charge on any atom is -0.388 e. The lowest BCUT2D eigenvalue weighted by molar-refractivity contribution is -0.141. The molecule has 202 valence electrons. The number of piperidine rings is 2. The van der Waals surface area contributed by atoms with Crippen LogP contribution in [0.15, 0.2) is 78.0 Å². The molecule has 0 aliphatic carbocycles. The minimum atomic E-state index is -1.07. The molecule has 2 saturated heterocycles. The van der Waals surface area contributed by atoms with Gasteiger partial charge in [0.15, 0.2) is 5.65 Å². The Hall–Kier alpha value is -3.75. The molecule has 2 fully saturated rings. The Labute approximate surface area is 227 Å². The quantitative estimate of drug-likeness (QED) is 0.417. The van der Waals surface area contributed by atoms with E-state index >= 15 is 0 Å². The van der Waals surface area contributed by atoms with Gasteiger partial charge in [0.25, 0.3) is 5.56 Å². The van der Waals surface area contributed by atoms with E-state index in [4.69, 9.17) is 0 Å². The number of aromatic nitrogens is 3. The van der Waals surface area contributed by atoms with Crippen molar-refractivity contribution in [3.63, 3.8) is 0 Å². The normalized spacial score (nSPS) is 21.2. The number of hydrogen-bond acceptors (Lipinski definition) is 5. The van der Waals surface area contributed by atoms with Crippen LogP contribution in [0.4, 0.5) is 0 Å². The average Bonchev–Trinajstić information content (AvgIpc) is 3.40. The van der Waals surface area contributed by atoms with Gasteiger partial charge in [0.05, 0.1) is 17.5 Å². The molecule has 2 atom stereocenters. The molecule has 8 heteroatoms. The lowest BCUT2D eigenvalue weighted by Crippen LogP contribution is -2.52. The maximum absolute atomic E-state index is 13.6. The van der Waals surface area contributed by atoms with Gasteiger partial charge in [0.1, 0.15) is 6.33 Å². The van der Waals surface area contributed by atoms with Crippen LogP contribution in [0, 0.1) is 12.8 Å². The van der Waals surface area contributed by atoms with Gasteiger partial charge in [0.2, 0.25) is 5.91 Å². The maximum atomic E-state index is 13.6. The number of likely N-dealkylation sites (tertiary alicyclic amines) is 1. The van der Waals surface area contributed by atoms with Crippen molar-refractivity contribution in [3.8, 4) is 5.69 Å². The van der Waals surface area contributed by atoms with Crippen LogP contribution in [-0.2, 0) is 11.3 Å². The lowest BCUT2D eigenvalue weighted by atomic mass is 9.80. The molecule has 1 amide bonds. The fourth-order valence-corrected chi connectivity index (χ4v) is 6.21. The molecule has 8 nitrogen and oxygen atoms in total. The van der Waals surface area contributed by atoms with Crippen molar-refractivity contribution in [2.24, 2.45) is 5.92 Å². The summed E-state index contributed by atoms with van der Waals surface area (Å²) in [7, 11) is 0. The molecule has 0 spiro atoms. The Balaban J connectivity index is 1.15.